The molecule has 1 fully saturated rings. The fourth-order valence-electron chi connectivity index (χ4n) is 2.26. The molecule has 1 aliphatic rings. The molecule has 20 heavy (non-hydrogen) atoms. The molecule has 1 heterocycles. The number of nitrogens with two attached hydrogens (primary N) is 1. The van der Waals surface area contributed by atoms with Gasteiger partial charge in [-0.3, -0.25) is 9.80 Å². The Morgan fingerprint density at radius 3 is 2.45 bits per heavy atom. The number of rotatable bonds is 4. The lowest BCUT2D eigenvalue weighted by Gasteiger charge is -2.34. The van der Waals surface area contributed by atoms with E-state index < -0.39 is 0 Å². The number of halogens is 2. The number of amidine groups is 1. The van der Waals surface area contributed by atoms with E-state index in [1.807, 2.05) is 12.1 Å². The van der Waals surface area contributed by atoms with Gasteiger partial charge in [-0.05, 0) is 17.7 Å². The highest BCUT2D eigenvalue weighted by Gasteiger charge is 2.18. The van der Waals surface area contributed by atoms with Crippen LogP contribution in [0.3, 0.4) is 0 Å². The van der Waals surface area contributed by atoms with Crippen LogP contribution >= 0.6 is 23.2 Å². The summed E-state index contributed by atoms with van der Waals surface area (Å²) in [6.07, 6.45) is 0. The molecular formula is C13H18Cl2N4O. The standard InChI is InChI=1S/C13H18Cl2N4O/c14-11-2-1-10(12(15)7-11)8-18-3-5-19(6-4-18)9-13(16)17-20/h1-2,7,20H,3-6,8-9H2,(H2,16,17). The van der Waals surface area contributed by atoms with Gasteiger partial charge in [0.2, 0.25) is 0 Å². The molecule has 7 heteroatoms. The first-order valence-electron chi connectivity index (χ1n) is 6.43. The van der Waals surface area contributed by atoms with E-state index in [-0.39, 0.29) is 5.84 Å². The van der Waals surface area contributed by atoms with Crippen LogP contribution in [0.15, 0.2) is 23.4 Å². The summed E-state index contributed by atoms with van der Waals surface area (Å²) in [5.74, 6) is 0.249. The van der Waals surface area contributed by atoms with Gasteiger partial charge < -0.3 is 10.9 Å². The minimum absolute atomic E-state index is 0.249. The molecule has 0 atom stereocenters. The Bertz CT molecular complexity index is 487. The second-order valence-corrected chi connectivity index (χ2v) is 5.72. The van der Waals surface area contributed by atoms with Crippen LogP contribution in [0.5, 0.6) is 0 Å². The highest BCUT2D eigenvalue weighted by atomic mass is 35.5. The van der Waals surface area contributed by atoms with E-state index in [0.29, 0.717) is 16.6 Å². The molecule has 5 nitrogen and oxygen atoms in total. The maximum absolute atomic E-state index is 8.57. The van der Waals surface area contributed by atoms with Crippen molar-refractivity contribution in [3.63, 3.8) is 0 Å². The van der Waals surface area contributed by atoms with Gasteiger partial charge in [-0.15, -0.1) is 0 Å². The first kappa shape index (κ1) is 15.4. The van der Waals surface area contributed by atoms with Crippen LogP contribution in [-0.2, 0) is 6.54 Å². The molecule has 0 spiro atoms. The first-order valence-corrected chi connectivity index (χ1v) is 7.19. The van der Waals surface area contributed by atoms with Gasteiger partial charge in [-0.25, -0.2) is 0 Å². The highest BCUT2D eigenvalue weighted by Crippen LogP contribution is 2.22. The lowest BCUT2D eigenvalue weighted by atomic mass is 10.2. The fourth-order valence-corrected chi connectivity index (χ4v) is 2.73. The van der Waals surface area contributed by atoms with Crippen LogP contribution in [0.4, 0.5) is 0 Å². The van der Waals surface area contributed by atoms with Gasteiger partial charge in [0.25, 0.3) is 0 Å². The molecule has 2 rings (SSSR count). The Labute approximate surface area is 128 Å². The number of hydrogen-bond donors (Lipinski definition) is 2. The van der Waals surface area contributed by atoms with Gasteiger partial charge in [0.05, 0.1) is 6.54 Å². The first-order chi connectivity index (χ1) is 9.58. The van der Waals surface area contributed by atoms with Gasteiger partial charge >= 0.3 is 0 Å². The van der Waals surface area contributed by atoms with Crippen molar-refractivity contribution in [2.75, 3.05) is 32.7 Å². The largest absolute Gasteiger partial charge is 0.409 e. The molecule has 0 unspecified atom stereocenters. The molecule has 0 aromatic heterocycles. The second-order valence-electron chi connectivity index (χ2n) is 4.88. The number of piperazine rings is 1. The molecule has 110 valence electrons. The zero-order valence-corrected chi connectivity index (χ0v) is 12.6. The SMILES string of the molecule is NC(CN1CCN(Cc2ccc(Cl)cc2Cl)CC1)=NO. The van der Waals surface area contributed by atoms with Crippen molar-refractivity contribution in [3.8, 4) is 0 Å². The summed E-state index contributed by atoms with van der Waals surface area (Å²) in [5, 5.41) is 12.9. The van der Waals surface area contributed by atoms with Crippen molar-refractivity contribution >= 4 is 29.0 Å². The Kier molecular flexibility index (Phi) is 5.48. The van der Waals surface area contributed by atoms with E-state index in [9.17, 15) is 0 Å². The lowest BCUT2D eigenvalue weighted by Crippen LogP contribution is -2.48. The molecule has 1 saturated heterocycles. The smallest absolute Gasteiger partial charge is 0.153 e. The summed E-state index contributed by atoms with van der Waals surface area (Å²) in [4.78, 5) is 4.49. The Morgan fingerprint density at radius 2 is 1.85 bits per heavy atom. The minimum atomic E-state index is 0.249. The van der Waals surface area contributed by atoms with E-state index >= 15 is 0 Å². The van der Waals surface area contributed by atoms with Gasteiger partial charge in [-0.2, -0.15) is 0 Å². The third-order valence-corrected chi connectivity index (χ3v) is 3.97. The molecule has 1 aromatic carbocycles. The van der Waals surface area contributed by atoms with Crippen LogP contribution in [0, 0.1) is 0 Å². The summed E-state index contributed by atoms with van der Waals surface area (Å²) in [6, 6.07) is 5.60. The minimum Gasteiger partial charge on any atom is -0.409 e. The Balaban J connectivity index is 1.85. The third kappa shape index (κ3) is 4.24. The molecule has 0 amide bonds. The van der Waals surface area contributed by atoms with Gasteiger partial charge in [0, 0.05) is 42.8 Å². The highest BCUT2D eigenvalue weighted by molar-refractivity contribution is 6.35. The molecule has 0 radical (unpaired) electrons. The predicted molar refractivity (Wildman–Crippen MR) is 81.6 cm³/mol. The molecule has 0 saturated carbocycles. The van der Waals surface area contributed by atoms with Crippen molar-refractivity contribution in [3.05, 3.63) is 33.8 Å². The van der Waals surface area contributed by atoms with Crippen LogP contribution in [-0.4, -0.2) is 53.6 Å². The van der Waals surface area contributed by atoms with Crippen molar-refractivity contribution in [1.82, 2.24) is 9.80 Å². The number of benzene rings is 1. The van der Waals surface area contributed by atoms with E-state index in [4.69, 9.17) is 34.1 Å². The van der Waals surface area contributed by atoms with Crippen molar-refractivity contribution in [1.29, 1.82) is 0 Å². The van der Waals surface area contributed by atoms with Gasteiger partial charge in [0.15, 0.2) is 5.84 Å². The number of oxime groups is 1. The molecule has 1 aliphatic heterocycles. The second kappa shape index (κ2) is 7.13. The average molecular weight is 317 g/mol. The van der Waals surface area contributed by atoms with Crippen molar-refractivity contribution < 1.29 is 5.21 Å². The summed E-state index contributed by atoms with van der Waals surface area (Å²) in [7, 11) is 0. The van der Waals surface area contributed by atoms with Crippen LogP contribution in [0.2, 0.25) is 10.0 Å². The maximum atomic E-state index is 8.57. The van der Waals surface area contributed by atoms with Gasteiger partial charge in [-0.1, -0.05) is 34.4 Å². The van der Waals surface area contributed by atoms with E-state index in [0.717, 1.165) is 38.3 Å². The quantitative estimate of drug-likeness (QED) is 0.385. The van der Waals surface area contributed by atoms with E-state index in [1.54, 1.807) is 6.07 Å². The number of nitrogens with zero attached hydrogens (tertiary/aromatic N) is 3. The Hall–Kier alpha value is -1.01. The molecular weight excluding hydrogens is 299 g/mol. The van der Waals surface area contributed by atoms with Crippen LogP contribution in [0.1, 0.15) is 5.56 Å². The summed E-state index contributed by atoms with van der Waals surface area (Å²) in [6.45, 7) is 4.96. The summed E-state index contributed by atoms with van der Waals surface area (Å²) < 4.78 is 0. The normalized spacial score (nSPS) is 18.4. The number of hydrogen-bond acceptors (Lipinski definition) is 4. The van der Waals surface area contributed by atoms with E-state index in [2.05, 4.69) is 15.0 Å². The third-order valence-electron chi connectivity index (χ3n) is 3.39. The summed E-state index contributed by atoms with van der Waals surface area (Å²) in [5.41, 5.74) is 6.60. The molecule has 3 N–H and O–H groups in total. The topological polar surface area (TPSA) is 65.1 Å². The van der Waals surface area contributed by atoms with Gasteiger partial charge in [0.1, 0.15) is 0 Å². The van der Waals surface area contributed by atoms with Crippen molar-refractivity contribution in [2.24, 2.45) is 10.9 Å². The lowest BCUT2D eigenvalue weighted by molar-refractivity contribution is 0.139. The zero-order chi connectivity index (χ0) is 14.5. The monoisotopic (exact) mass is 316 g/mol. The molecule has 0 aliphatic carbocycles. The molecule has 1 aromatic rings. The Morgan fingerprint density at radius 1 is 1.20 bits per heavy atom. The van der Waals surface area contributed by atoms with Crippen LogP contribution < -0.4 is 5.73 Å². The molecule has 0 bridgehead atoms. The van der Waals surface area contributed by atoms with Crippen LogP contribution in [0.25, 0.3) is 0 Å². The average Bonchev–Trinajstić information content (AvgIpc) is 2.44. The summed E-state index contributed by atoms with van der Waals surface area (Å²) >= 11 is 12.1. The van der Waals surface area contributed by atoms with E-state index in [1.165, 1.54) is 0 Å². The van der Waals surface area contributed by atoms with Crippen molar-refractivity contribution in [2.45, 2.75) is 6.54 Å². The predicted octanol–water partition coefficient (Wildman–Crippen LogP) is 1.86. The fraction of sp³-hybridized carbons (Fsp3) is 0.462. The zero-order valence-electron chi connectivity index (χ0n) is 11.1. The maximum Gasteiger partial charge on any atom is 0.153 e.